The first-order valence-corrected chi connectivity index (χ1v) is 6.16. The van der Waals surface area contributed by atoms with Crippen LogP contribution in [-0.4, -0.2) is 23.3 Å². The summed E-state index contributed by atoms with van der Waals surface area (Å²) in [5, 5.41) is 15.4. The molecular weight excluding hydrogens is 260 g/mol. The Morgan fingerprint density at radius 3 is 2.70 bits per heavy atom. The summed E-state index contributed by atoms with van der Waals surface area (Å²) < 4.78 is 10.0. The summed E-state index contributed by atoms with van der Waals surface area (Å²) in [7, 11) is 1.63. The lowest BCUT2D eigenvalue weighted by molar-refractivity contribution is 0.0685. The predicted molar refractivity (Wildman–Crippen MR) is 71.7 cm³/mol. The van der Waals surface area contributed by atoms with E-state index in [9.17, 15) is 4.79 Å². The van der Waals surface area contributed by atoms with Gasteiger partial charge in [0.05, 0.1) is 13.7 Å². The number of aromatic carboxylic acids is 1. The topological polar surface area (TPSA) is 84.6 Å². The highest BCUT2D eigenvalue weighted by molar-refractivity contribution is 5.85. The average Bonchev–Trinajstić information content (AvgIpc) is 2.94. The van der Waals surface area contributed by atoms with Crippen LogP contribution in [0.3, 0.4) is 0 Å². The van der Waals surface area contributed by atoms with Gasteiger partial charge < -0.3 is 19.7 Å². The van der Waals surface area contributed by atoms with Crippen molar-refractivity contribution in [3.63, 3.8) is 0 Å². The van der Waals surface area contributed by atoms with Crippen molar-refractivity contribution in [2.75, 3.05) is 7.11 Å². The van der Waals surface area contributed by atoms with Crippen molar-refractivity contribution in [3.8, 4) is 5.75 Å². The van der Waals surface area contributed by atoms with Gasteiger partial charge in [0.15, 0.2) is 11.5 Å². The first kappa shape index (κ1) is 14.1. The normalized spacial score (nSPS) is 12.1. The van der Waals surface area contributed by atoms with E-state index in [1.165, 1.54) is 6.07 Å². The number of hydrogen-bond acceptors (Lipinski definition) is 5. The Morgan fingerprint density at radius 1 is 1.45 bits per heavy atom. The van der Waals surface area contributed by atoms with Gasteiger partial charge in [0.2, 0.25) is 0 Å². The van der Waals surface area contributed by atoms with Gasteiger partial charge in [0.1, 0.15) is 5.75 Å². The number of ether oxygens (including phenoxy) is 1. The van der Waals surface area contributed by atoms with Crippen molar-refractivity contribution in [2.24, 2.45) is 0 Å². The van der Waals surface area contributed by atoms with Crippen LogP contribution in [0, 0.1) is 0 Å². The lowest BCUT2D eigenvalue weighted by Gasteiger charge is -2.13. The van der Waals surface area contributed by atoms with E-state index in [-0.39, 0.29) is 11.7 Å². The van der Waals surface area contributed by atoms with Crippen LogP contribution in [0.2, 0.25) is 0 Å². The number of carbonyl (C=O) groups is 1. The molecule has 106 valence electrons. The molecule has 0 fully saturated rings. The molecule has 2 aromatic rings. The first-order valence-electron chi connectivity index (χ1n) is 6.16. The quantitative estimate of drug-likeness (QED) is 0.841. The Bertz CT molecular complexity index is 577. The van der Waals surface area contributed by atoms with Crippen LogP contribution in [0.1, 0.15) is 34.8 Å². The van der Waals surface area contributed by atoms with Crippen molar-refractivity contribution in [1.29, 1.82) is 0 Å². The summed E-state index contributed by atoms with van der Waals surface area (Å²) >= 11 is 0. The maximum Gasteiger partial charge on any atom is 0.358 e. The van der Waals surface area contributed by atoms with E-state index >= 15 is 0 Å². The molecule has 6 nitrogen and oxygen atoms in total. The first-order chi connectivity index (χ1) is 9.60. The Hall–Kier alpha value is -2.34. The van der Waals surface area contributed by atoms with Crippen molar-refractivity contribution in [3.05, 3.63) is 47.3 Å². The van der Waals surface area contributed by atoms with Crippen molar-refractivity contribution in [2.45, 2.75) is 19.5 Å². The third-order valence-corrected chi connectivity index (χ3v) is 2.98. The van der Waals surface area contributed by atoms with Crippen molar-refractivity contribution in [1.82, 2.24) is 10.5 Å². The molecule has 6 heteroatoms. The summed E-state index contributed by atoms with van der Waals surface area (Å²) in [6.07, 6.45) is 0. The molecule has 0 saturated heterocycles. The van der Waals surface area contributed by atoms with E-state index in [2.05, 4.69) is 10.5 Å². The molecule has 0 aliphatic heterocycles. The number of carboxylic acid groups (broad SMARTS) is 1. The molecule has 1 atom stereocenters. The van der Waals surface area contributed by atoms with E-state index in [1.807, 2.05) is 31.2 Å². The van der Waals surface area contributed by atoms with Gasteiger partial charge in [-0.2, -0.15) is 0 Å². The van der Waals surface area contributed by atoms with Crippen LogP contribution in [0.25, 0.3) is 0 Å². The molecule has 0 aliphatic rings. The number of methoxy groups -OCH3 is 1. The monoisotopic (exact) mass is 276 g/mol. The minimum Gasteiger partial charge on any atom is -0.497 e. The van der Waals surface area contributed by atoms with E-state index in [1.54, 1.807) is 7.11 Å². The number of aromatic nitrogens is 1. The number of hydrogen-bond donors (Lipinski definition) is 2. The lowest BCUT2D eigenvalue weighted by atomic mass is 10.1. The minimum absolute atomic E-state index is 0.0844. The maximum absolute atomic E-state index is 10.7. The van der Waals surface area contributed by atoms with E-state index in [4.69, 9.17) is 14.4 Å². The Balaban J connectivity index is 1.93. The molecule has 0 saturated carbocycles. The van der Waals surface area contributed by atoms with E-state index < -0.39 is 5.97 Å². The number of nitrogens with one attached hydrogen (secondary N) is 1. The van der Waals surface area contributed by atoms with Crippen molar-refractivity contribution < 1.29 is 19.2 Å². The van der Waals surface area contributed by atoms with Gasteiger partial charge in [-0.3, -0.25) is 0 Å². The molecule has 1 aromatic heterocycles. The molecule has 0 spiro atoms. The summed E-state index contributed by atoms with van der Waals surface area (Å²) in [6, 6.07) is 9.24. The lowest BCUT2D eigenvalue weighted by Crippen LogP contribution is -2.17. The molecule has 1 aromatic carbocycles. The second-order valence-corrected chi connectivity index (χ2v) is 4.36. The van der Waals surface area contributed by atoms with Crippen LogP contribution in [-0.2, 0) is 6.54 Å². The summed E-state index contributed by atoms with van der Waals surface area (Å²) in [4.78, 5) is 10.7. The van der Waals surface area contributed by atoms with Gasteiger partial charge in [-0.25, -0.2) is 4.79 Å². The number of benzene rings is 1. The fraction of sp³-hybridized carbons (Fsp3) is 0.286. The smallest absolute Gasteiger partial charge is 0.358 e. The van der Waals surface area contributed by atoms with Crippen molar-refractivity contribution >= 4 is 5.97 Å². The summed E-state index contributed by atoms with van der Waals surface area (Å²) in [5.74, 6) is 0.202. The molecule has 20 heavy (non-hydrogen) atoms. The molecule has 0 aliphatic carbocycles. The van der Waals surface area contributed by atoms with Crippen LogP contribution in [0.4, 0.5) is 0 Å². The molecule has 0 bridgehead atoms. The Morgan fingerprint density at radius 2 is 2.15 bits per heavy atom. The Labute approximate surface area is 116 Å². The third kappa shape index (κ3) is 3.36. The van der Waals surface area contributed by atoms with Gasteiger partial charge in [0.25, 0.3) is 0 Å². The maximum atomic E-state index is 10.7. The van der Waals surface area contributed by atoms with Gasteiger partial charge in [-0.05, 0) is 24.6 Å². The second-order valence-electron chi connectivity index (χ2n) is 4.36. The van der Waals surface area contributed by atoms with Gasteiger partial charge in [-0.1, -0.05) is 17.3 Å². The standard InChI is InChI=1S/C14H16N2O4/c1-9(10-3-5-11(19-2)6-4-10)15-8-12-7-13(14(17)18)16-20-12/h3-7,9,15H,8H2,1-2H3,(H,17,18). The molecule has 0 radical (unpaired) electrons. The SMILES string of the molecule is COc1ccc(C(C)NCc2cc(C(=O)O)no2)cc1. The van der Waals surface area contributed by atoms with Gasteiger partial charge in [-0.15, -0.1) is 0 Å². The van der Waals surface area contributed by atoms with Crippen LogP contribution < -0.4 is 10.1 Å². The fourth-order valence-electron chi connectivity index (χ4n) is 1.76. The highest BCUT2D eigenvalue weighted by Gasteiger charge is 2.12. The van der Waals surface area contributed by atoms with Crippen LogP contribution in [0.5, 0.6) is 5.75 Å². The number of nitrogens with zero attached hydrogens (tertiary/aromatic N) is 1. The molecule has 0 amide bonds. The predicted octanol–water partition coefficient (Wildman–Crippen LogP) is 2.23. The zero-order chi connectivity index (χ0) is 14.5. The zero-order valence-electron chi connectivity index (χ0n) is 11.3. The molecule has 2 rings (SSSR count). The second kappa shape index (κ2) is 6.21. The van der Waals surface area contributed by atoms with Gasteiger partial charge >= 0.3 is 5.97 Å². The molecule has 2 N–H and O–H groups in total. The third-order valence-electron chi connectivity index (χ3n) is 2.98. The Kier molecular flexibility index (Phi) is 4.37. The van der Waals surface area contributed by atoms with Crippen LogP contribution >= 0.6 is 0 Å². The molecule has 1 unspecified atom stereocenters. The number of carboxylic acids is 1. The fourth-order valence-corrected chi connectivity index (χ4v) is 1.76. The molecular formula is C14H16N2O4. The summed E-state index contributed by atoms with van der Waals surface area (Å²) in [6.45, 7) is 2.42. The summed E-state index contributed by atoms with van der Waals surface area (Å²) in [5.41, 5.74) is 1.02. The number of rotatable bonds is 6. The zero-order valence-corrected chi connectivity index (χ0v) is 11.3. The van der Waals surface area contributed by atoms with E-state index in [0.29, 0.717) is 12.3 Å². The van der Waals surface area contributed by atoms with E-state index in [0.717, 1.165) is 11.3 Å². The minimum atomic E-state index is -1.09. The highest BCUT2D eigenvalue weighted by atomic mass is 16.5. The van der Waals surface area contributed by atoms with Gasteiger partial charge in [0, 0.05) is 12.1 Å². The average molecular weight is 276 g/mol. The van der Waals surface area contributed by atoms with Crippen LogP contribution in [0.15, 0.2) is 34.9 Å². The highest BCUT2D eigenvalue weighted by Crippen LogP contribution is 2.17. The largest absolute Gasteiger partial charge is 0.497 e. The molecule has 1 heterocycles.